The fourth-order valence-corrected chi connectivity index (χ4v) is 2.21. The summed E-state index contributed by atoms with van der Waals surface area (Å²) in [5.41, 5.74) is 3.31. The van der Waals surface area contributed by atoms with Crippen LogP contribution in [0.3, 0.4) is 0 Å². The van der Waals surface area contributed by atoms with Gasteiger partial charge in [0.05, 0.1) is 6.54 Å². The number of amides is 1. The minimum Gasteiger partial charge on any atom is -0.361 e. The van der Waals surface area contributed by atoms with Crippen molar-refractivity contribution < 1.29 is 9.32 Å². The van der Waals surface area contributed by atoms with Gasteiger partial charge in [-0.3, -0.25) is 4.79 Å². The molecule has 1 heterocycles. The number of carbonyl (C=O) groups excluding carboxylic acids is 1. The first-order valence-corrected chi connectivity index (χ1v) is 7.32. The molecule has 1 amide bonds. The van der Waals surface area contributed by atoms with Crippen molar-refractivity contribution in [3.05, 3.63) is 52.9 Å². The molecule has 0 spiro atoms. The van der Waals surface area contributed by atoms with Gasteiger partial charge in [0, 0.05) is 19.5 Å². The summed E-state index contributed by atoms with van der Waals surface area (Å²) < 4.78 is 5.01. The van der Waals surface area contributed by atoms with Gasteiger partial charge in [-0.25, -0.2) is 0 Å². The van der Waals surface area contributed by atoms with E-state index in [-0.39, 0.29) is 5.91 Å². The molecule has 0 aliphatic rings. The summed E-state index contributed by atoms with van der Waals surface area (Å²) in [6.45, 7) is 4.47. The van der Waals surface area contributed by atoms with Crippen LogP contribution >= 0.6 is 0 Å². The van der Waals surface area contributed by atoms with Crippen LogP contribution < -0.4 is 0 Å². The predicted octanol–water partition coefficient (Wildman–Crippen LogP) is 3.14. The first kappa shape index (κ1) is 15.3. The van der Waals surface area contributed by atoms with E-state index in [2.05, 4.69) is 36.3 Å². The normalized spacial score (nSPS) is 10.6. The maximum Gasteiger partial charge on any atom is 0.222 e. The van der Waals surface area contributed by atoms with E-state index in [0.717, 1.165) is 24.3 Å². The Balaban J connectivity index is 1.82. The Morgan fingerprint density at radius 1 is 1.24 bits per heavy atom. The molecule has 2 aromatic rings. The van der Waals surface area contributed by atoms with Crippen LogP contribution in [0.15, 0.2) is 34.9 Å². The van der Waals surface area contributed by atoms with Crippen molar-refractivity contribution in [3.8, 4) is 0 Å². The quantitative estimate of drug-likeness (QED) is 0.819. The van der Waals surface area contributed by atoms with Crippen molar-refractivity contribution in [2.75, 3.05) is 7.05 Å². The van der Waals surface area contributed by atoms with E-state index >= 15 is 0 Å². The van der Waals surface area contributed by atoms with Gasteiger partial charge < -0.3 is 9.42 Å². The van der Waals surface area contributed by atoms with Crippen LogP contribution in [0.2, 0.25) is 0 Å². The second-order valence-corrected chi connectivity index (χ2v) is 5.35. The van der Waals surface area contributed by atoms with E-state index in [9.17, 15) is 4.79 Å². The summed E-state index contributed by atoms with van der Waals surface area (Å²) in [7, 11) is 1.80. The molecule has 0 saturated heterocycles. The Morgan fingerprint density at radius 3 is 2.48 bits per heavy atom. The van der Waals surface area contributed by atoms with Crippen molar-refractivity contribution in [2.45, 2.75) is 39.7 Å². The molecule has 2 rings (SSSR count). The van der Waals surface area contributed by atoms with Gasteiger partial charge in [0.2, 0.25) is 5.91 Å². The maximum atomic E-state index is 12.1. The van der Waals surface area contributed by atoms with Gasteiger partial charge in [0.1, 0.15) is 11.5 Å². The van der Waals surface area contributed by atoms with E-state index in [1.807, 2.05) is 13.0 Å². The topological polar surface area (TPSA) is 46.3 Å². The van der Waals surface area contributed by atoms with Crippen LogP contribution in [0.4, 0.5) is 0 Å². The molecule has 112 valence electrons. The summed E-state index contributed by atoms with van der Waals surface area (Å²) in [6.07, 6.45) is 2.32. The van der Waals surface area contributed by atoms with E-state index in [4.69, 9.17) is 4.52 Å². The standard InChI is InChI=1S/C17H22N2O2/c1-4-14-5-7-15(8-6-14)9-10-17(20)19(3)12-16-11-13(2)21-18-16/h5-8,11H,4,9-10,12H2,1-3H3. The first-order chi connectivity index (χ1) is 10.1. The number of carbonyl (C=O) groups is 1. The Kier molecular flexibility index (Phi) is 5.14. The highest BCUT2D eigenvalue weighted by Crippen LogP contribution is 2.10. The molecular weight excluding hydrogens is 264 g/mol. The zero-order chi connectivity index (χ0) is 15.2. The number of hydrogen-bond donors (Lipinski definition) is 0. The minimum absolute atomic E-state index is 0.121. The molecule has 0 atom stereocenters. The number of nitrogens with zero attached hydrogens (tertiary/aromatic N) is 2. The van der Waals surface area contributed by atoms with Gasteiger partial charge >= 0.3 is 0 Å². The van der Waals surface area contributed by atoms with Crippen molar-refractivity contribution in [2.24, 2.45) is 0 Å². The number of aryl methyl sites for hydroxylation is 3. The van der Waals surface area contributed by atoms with Gasteiger partial charge in [-0.15, -0.1) is 0 Å². The zero-order valence-electron chi connectivity index (χ0n) is 12.9. The van der Waals surface area contributed by atoms with Gasteiger partial charge in [-0.2, -0.15) is 0 Å². The molecule has 0 unspecified atom stereocenters. The molecule has 4 heteroatoms. The van der Waals surface area contributed by atoms with Gasteiger partial charge in [-0.1, -0.05) is 36.3 Å². The third-order valence-corrected chi connectivity index (χ3v) is 3.56. The zero-order valence-corrected chi connectivity index (χ0v) is 12.9. The summed E-state index contributed by atoms with van der Waals surface area (Å²) in [4.78, 5) is 13.8. The fraction of sp³-hybridized carbons (Fsp3) is 0.412. The molecular formula is C17H22N2O2. The number of rotatable bonds is 6. The molecule has 21 heavy (non-hydrogen) atoms. The SMILES string of the molecule is CCc1ccc(CCC(=O)N(C)Cc2cc(C)on2)cc1. The monoisotopic (exact) mass is 286 g/mol. The summed E-state index contributed by atoms with van der Waals surface area (Å²) in [6, 6.07) is 10.3. The Labute approximate surface area is 125 Å². The molecule has 0 radical (unpaired) electrons. The number of benzene rings is 1. The lowest BCUT2D eigenvalue weighted by atomic mass is 10.1. The van der Waals surface area contributed by atoms with Crippen molar-refractivity contribution in [3.63, 3.8) is 0 Å². The van der Waals surface area contributed by atoms with Crippen LogP contribution in [0.25, 0.3) is 0 Å². The summed E-state index contributed by atoms with van der Waals surface area (Å²) >= 11 is 0. The highest BCUT2D eigenvalue weighted by Gasteiger charge is 2.11. The molecule has 0 N–H and O–H groups in total. The Bertz CT molecular complexity index is 587. The molecule has 0 fully saturated rings. The van der Waals surface area contributed by atoms with Crippen molar-refractivity contribution >= 4 is 5.91 Å². The molecule has 0 bridgehead atoms. The fourth-order valence-electron chi connectivity index (χ4n) is 2.21. The lowest BCUT2D eigenvalue weighted by Gasteiger charge is -2.15. The van der Waals surface area contributed by atoms with E-state index in [1.54, 1.807) is 11.9 Å². The van der Waals surface area contributed by atoms with Crippen LogP contribution in [-0.2, 0) is 24.2 Å². The average Bonchev–Trinajstić information content (AvgIpc) is 2.90. The lowest BCUT2D eigenvalue weighted by Crippen LogP contribution is -2.26. The van der Waals surface area contributed by atoms with Crippen LogP contribution in [0.1, 0.15) is 35.9 Å². The molecule has 1 aromatic carbocycles. The third kappa shape index (κ3) is 4.45. The first-order valence-electron chi connectivity index (χ1n) is 7.32. The second-order valence-electron chi connectivity index (χ2n) is 5.35. The van der Waals surface area contributed by atoms with Gasteiger partial charge in [-0.05, 0) is 30.9 Å². The maximum absolute atomic E-state index is 12.1. The Hall–Kier alpha value is -2.10. The van der Waals surface area contributed by atoms with E-state index in [0.29, 0.717) is 13.0 Å². The largest absolute Gasteiger partial charge is 0.361 e. The van der Waals surface area contributed by atoms with E-state index in [1.165, 1.54) is 11.1 Å². The second kappa shape index (κ2) is 7.07. The molecule has 4 nitrogen and oxygen atoms in total. The Morgan fingerprint density at radius 2 is 1.90 bits per heavy atom. The van der Waals surface area contributed by atoms with Crippen LogP contribution in [0.5, 0.6) is 0 Å². The van der Waals surface area contributed by atoms with Gasteiger partial charge in [0.15, 0.2) is 0 Å². The van der Waals surface area contributed by atoms with Gasteiger partial charge in [0.25, 0.3) is 0 Å². The number of hydrogen-bond acceptors (Lipinski definition) is 3. The molecule has 0 aliphatic carbocycles. The molecule has 0 saturated carbocycles. The smallest absolute Gasteiger partial charge is 0.222 e. The summed E-state index contributed by atoms with van der Waals surface area (Å²) in [5.74, 6) is 0.886. The van der Waals surface area contributed by atoms with Crippen LogP contribution in [-0.4, -0.2) is 23.0 Å². The summed E-state index contributed by atoms with van der Waals surface area (Å²) in [5, 5.41) is 3.91. The van der Waals surface area contributed by atoms with Crippen LogP contribution in [0, 0.1) is 6.92 Å². The van der Waals surface area contributed by atoms with Crippen molar-refractivity contribution in [1.29, 1.82) is 0 Å². The van der Waals surface area contributed by atoms with E-state index < -0.39 is 0 Å². The lowest BCUT2D eigenvalue weighted by molar-refractivity contribution is -0.130. The average molecular weight is 286 g/mol. The van der Waals surface area contributed by atoms with Crippen molar-refractivity contribution in [1.82, 2.24) is 10.1 Å². The highest BCUT2D eigenvalue weighted by atomic mass is 16.5. The highest BCUT2D eigenvalue weighted by molar-refractivity contribution is 5.76. The number of aromatic nitrogens is 1. The molecule has 1 aromatic heterocycles. The predicted molar refractivity (Wildman–Crippen MR) is 81.9 cm³/mol. The third-order valence-electron chi connectivity index (χ3n) is 3.56. The molecule has 0 aliphatic heterocycles. The minimum atomic E-state index is 0.121.